The third kappa shape index (κ3) is 5.93. The summed E-state index contributed by atoms with van der Waals surface area (Å²) >= 11 is 1.69. The molecule has 5 nitrogen and oxygen atoms in total. The Hall–Kier alpha value is -1.14. The van der Waals surface area contributed by atoms with E-state index in [2.05, 4.69) is 58.2 Å². The molecule has 0 bridgehead atoms. The van der Waals surface area contributed by atoms with Crippen LogP contribution in [0.3, 0.4) is 0 Å². The van der Waals surface area contributed by atoms with E-state index >= 15 is 0 Å². The Morgan fingerprint density at radius 3 is 2.41 bits per heavy atom. The van der Waals surface area contributed by atoms with Crippen LogP contribution in [-0.4, -0.2) is 60.0 Å². The Bertz CT molecular complexity index is 459. The predicted molar refractivity (Wildman–Crippen MR) is 96.7 cm³/mol. The molecule has 0 aliphatic heterocycles. The quantitative estimate of drug-likeness (QED) is 0.618. The second-order valence-corrected chi connectivity index (χ2v) is 7.18. The van der Waals surface area contributed by atoms with Gasteiger partial charge in [0, 0.05) is 44.6 Å². The number of rotatable bonds is 7. The molecule has 126 valence electrons. The van der Waals surface area contributed by atoms with Crippen LogP contribution in [0.4, 0.5) is 0 Å². The zero-order valence-electron chi connectivity index (χ0n) is 15.1. The lowest BCUT2D eigenvalue weighted by molar-refractivity contribution is 0.178. The fourth-order valence-corrected chi connectivity index (χ4v) is 3.20. The van der Waals surface area contributed by atoms with Gasteiger partial charge in [-0.15, -0.1) is 11.3 Å². The predicted octanol–water partition coefficient (Wildman–Crippen LogP) is 2.58. The van der Waals surface area contributed by atoms with Crippen LogP contribution in [0.5, 0.6) is 0 Å². The molecular formula is C16H31N5S. The number of nitrogens with one attached hydrogen (secondary N) is 1. The summed E-state index contributed by atoms with van der Waals surface area (Å²) in [4.78, 5) is 13.5. The van der Waals surface area contributed by atoms with Gasteiger partial charge < -0.3 is 10.2 Å². The average molecular weight is 326 g/mol. The van der Waals surface area contributed by atoms with Gasteiger partial charge in [0.15, 0.2) is 5.96 Å². The highest BCUT2D eigenvalue weighted by Crippen LogP contribution is 2.09. The Morgan fingerprint density at radius 2 is 1.95 bits per heavy atom. The molecule has 0 aliphatic rings. The molecule has 1 heterocycles. The van der Waals surface area contributed by atoms with Crippen LogP contribution in [0, 0.1) is 6.92 Å². The molecule has 6 heteroatoms. The van der Waals surface area contributed by atoms with Gasteiger partial charge >= 0.3 is 0 Å². The van der Waals surface area contributed by atoms with Crippen molar-refractivity contribution in [3.8, 4) is 0 Å². The average Bonchev–Trinajstić information content (AvgIpc) is 2.83. The van der Waals surface area contributed by atoms with Gasteiger partial charge in [-0.3, -0.25) is 9.89 Å². The fraction of sp³-hybridized carbons (Fsp3) is 0.750. The van der Waals surface area contributed by atoms with Crippen molar-refractivity contribution in [2.24, 2.45) is 4.99 Å². The first-order valence-corrected chi connectivity index (χ1v) is 8.81. The van der Waals surface area contributed by atoms with Crippen LogP contribution >= 0.6 is 11.3 Å². The molecule has 22 heavy (non-hydrogen) atoms. The Labute approximate surface area is 139 Å². The summed E-state index contributed by atoms with van der Waals surface area (Å²) < 4.78 is 0. The number of guanidine groups is 1. The normalized spacial score (nSPS) is 12.5. The number of hydrogen-bond donors (Lipinski definition) is 1. The molecule has 0 spiro atoms. The Morgan fingerprint density at radius 1 is 1.32 bits per heavy atom. The van der Waals surface area contributed by atoms with Crippen LogP contribution < -0.4 is 5.32 Å². The van der Waals surface area contributed by atoms with E-state index in [0.29, 0.717) is 12.1 Å². The lowest BCUT2D eigenvalue weighted by atomic mass is 10.2. The molecule has 0 radical (unpaired) electrons. The van der Waals surface area contributed by atoms with Crippen molar-refractivity contribution in [1.82, 2.24) is 20.1 Å². The van der Waals surface area contributed by atoms with Crippen molar-refractivity contribution < 1.29 is 0 Å². The molecule has 0 atom stereocenters. The lowest BCUT2D eigenvalue weighted by Crippen LogP contribution is -2.45. The van der Waals surface area contributed by atoms with Crippen molar-refractivity contribution in [3.05, 3.63) is 16.1 Å². The van der Waals surface area contributed by atoms with Gasteiger partial charge in [0.05, 0.1) is 17.2 Å². The highest BCUT2D eigenvalue weighted by Gasteiger charge is 2.14. The van der Waals surface area contributed by atoms with Crippen molar-refractivity contribution in [1.29, 1.82) is 0 Å². The Balaban J connectivity index is 2.47. The van der Waals surface area contributed by atoms with E-state index < -0.39 is 0 Å². The second-order valence-electron chi connectivity index (χ2n) is 6.11. The van der Waals surface area contributed by atoms with Gasteiger partial charge in [-0.25, -0.2) is 4.98 Å². The molecular weight excluding hydrogens is 294 g/mol. The summed E-state index contributed by atoms with van der Waals surface area (Å²) in [7, 11) is 3.88. The maximum absolute atomic E-state index is 4.51. The molecule has 0 amide bonds. The van der Waals surface area contributed by atoms with E-state index in [0.717, 1.165) is 36.3 Å². The lowest BCUT2D eigenvalue weighted by Gasteiger charge is -2.31. The number of hydrogen-bond acceptors (Lipinski definition) is 4. The number of aliphatic imine (C=N–C) groups is 1. The van der Waals surface area contributed by atoms with E-state index in [1.807, 2.05) is 21.0 Å². The van der Waals surface area contributed by atoms with E-state index in [1.165, 1.54) is 0 Å². The van der Waals surface area contributed by atoms with Crippen LogP contribution in [-0.2, 0) is 6.54 Å². The molecule has 0 unspecified atom stereocenters. The largest absolute Gasteiger partial charge is 0.355 e. The monoisotopic (exact) mass is 325 g/mol. The zero-order valence-corrected chi connectivity index (χ0v) is 15.9. The van der Waals surface area contributed by atoms with Crippen LogP contribution in [0.15, 0.2) is 10.4 Å². The van der Waals surface area contributed by atoms with Crippen LogP contribution in [0.1, 0.15) is 38.4 Å². The van der Waals surface area contributed by atoms with E-state index in [-0.39, 0.29) is 0 Å². The highest BCUT2D eigenvalue weighted by atomic mass is 32.1. The minimum Gasteiger partial charge on any atom is -0.355 e. The molecule has 0 aliphatic carbocycles. The van der Waals surface area contributed by atoms with Crippen molar-refractivity contribution in [2.75, 3.05) is 27.2 Å². The molecule has 0 saturated carbocycles. The maximum atomic E-state index is 4.51. The van der Waals surface area contributed by atoms with Crippen molar-refractivity contribution in [2.45, 2.75) is 53.2 Å². The molecule has 1 N–H and O–H groups in total. The van der Waals surface area contributed by atoms with Crippen LogP contribution in [0.2, 0.25) is 0 Å². The van der Waals surface area contributed by atoms with Gasteiger partial charge in [-0.2, -0.15) is 0 Å². The molecule has 0 saturated heterocycles. The fourth-order valence-electron chi connectivity index (χ4n) is 2.59. The topological polar surface area (TPSA) is 43.8 Å². The zero-order chi connectivity index (χ0) is 16.7. The van der Waals surface area contributed by atoms with E-state index in [9.17, 15) is 0 Å². The third-order valence-corrected chi connectivity index (χ3v) is 4.44. The first-order valence-electron chi connectivity index (χ1n) is 7.93. The first kappa shape index (κ1) is 18.9. The maximum Gasteiger partial charge on any atom is 0.193 e. The third-order valence-electron chi connectivity index (χ3n) is 3.62. The van der Waals surface area contributed by atoms with Crippen LogP contribution in [0.25, 0.3) is 0 Å². The SMILES string of the molecule is CN=C(NCCN(C(C)C)C(C)C)N(C)Cc1csc(C)n1. The summed E-state index contributed by atoms with van der Waals surface area (Å²) in [6, 6.07) is 1.11. The van der Waals surface area contributed by atoms with E-state index in [4.69, 9.17) is 0 Å². The smallest absolute Gasteiger partial charge is 0.193 e. The summed E-state index contributed by atoms with van der Waals surface area (Å²) in [5.41, 5.74) is 1.10. The Kier molecular flexibility index (Phi) is 7.82. The second kappa shape index (κ2) is 9.10. The van der Waals surface area contributed by atoms with Gasteiger partial charge in [0.1, 0.15) is 0 Å². The minimum atomic E-state index is 0.555. The van der Waals surface area contributed by atoms with Gasteiger partial charge in [-0.1, -0.05) is 0 Å². The van der Waals surface area contributed by atoms with E-state index in [1.54, 1.807) is 11.3 Å². The highest BCUT2D eigenvalue weighted by molar-refractivity contribution is 7.09. The number of thiazole rings is 1. The van der Waals surface area contributed by atoms with Crippen molar-refractivity contribution in [3.63, 3.8) is 0 Å². The summed E-state index contributed by atoms with van der Waals surface area (Å²) in [5, 5.41) is 6.66. The summed E-state index contributed by atoms with van der Waals surface area (Å²) in [6.07, 6.45) is 0. The first-order chi connectivity index (χ1) is 10.3. The molecule has 1 rings (SSSR count). The number of aryl methyl sites for hydroxylation is 1. The molecule has 1 aromatic rings. The summed E-state index contributed by atoms with van der Waals surface area (Å²) in [6.45, 7) is 13.7. The number of nitrogens with zero attached hydrogens (tertiary/aromatic N) is 4. The molecule has 0 fully saturated rings. The number of aromatic nitrogens is 1. The molecule has 1 aromatic heterocycles. The minimum absolute atomic E-state index is 0.555. The van der Waals surface area contributed by atoms with Crippen molar-refractivity contribution >= 4 is 17.3 Å². The standard InChI is InChI=1S/C16H31N5S/c1-12(2)21(13(3)4)9-8-18-16(17-6)20(7)10-15-11-22-14(5)19-15/h11-13H,8-10H2,1-7H3,(H,17,18). The van der Waals surface area contributed by atoms with Gasteiger partial charge in [-0.05, 0) is 34.6 Å². The molecule has 0 aromatic carbocycles. The van der Waals surface area contributed by atoms with Gasteiger partial charge in [0.25, 0.3) is 0 Å². The van der Waals surface area contributed by atoms with Gasteiger partial charge in [0.2, 0.25) is 0 Å². The summed E-state index contributed by atoms with van der Waals surface area (Å²) in [5.74, 6) is 0.915.